The molecule has 0 spiro atoms. The third kappa shape index (κ3) is 3.06. The quantitative estimate of drug-likeness (QED) is 0.910. The average molecular weight is 267 g/mol. The van der Waals surface area contributed by atoms with E-state index < -0.39 is 17.6 Å². The van der Waals surface area contributed by atoms with Crippen LogP contribution >= 0.6 is 0 Å². The molecule has 0 aliphatic heterocycles. The molecule has 19 heavy (non-hydrogen) atoms. The van der Waals surface area contributed by atoms with Crippen molar-refractivity contribution in [3.63, 3.8) is 0 Å². The fourth-order valence-corrected chi connectivity index (χ4v) is 1.45. The van der Waals surface area contributed by atoms with Crippen LogP contribution in [0.5, 0.6) is 0 Å². The van der Waals surface area contributed by atoms with Crippen LogP contribution in [0.25, 0.3) is 0 Å². The highest BCUT2D eigenvalue weighted by Gasteiger charge is 2.33. The Bertz CT molecular complexity index is 584. The van der Waals surface area contributed by atoms with E-state index >= 15 is 0 Å². The van der Waals surface area contributed by atoms with Gasteiger partial charge in [-0.1, -0.05) is 12.1 Å². The molecule has 0 saturated carbocycles. The number of para-hydroxylation sites is 1. The maximum Gasteiger partial charge on any atom is 0.418 e. The van der Waals surface area contributed by atoms with E-state index in [4.69, 9.17) is 0 Å². The van der Waals surface area contributed by atoms with Crippen molar-refractivity contribution in [1.82, 2.24) is 10.2 Å². The van der Waals surface area contributed by atoms with Crippen molar-refractivity contribution in [2.75, 3.05) is 5.32 Å². The molecule has 4 nitrogen and oxygen atoms in total. The fourth-order valence-electron chi connectivity index (χ4n) is 1.45. The summed E-state index contributed by atoms with van der Waals surface area (Å²) in [6, 6.07) is 7.56. The molecule has 1 heterocycles. The van der Waals surface area contributed by atoms with Gasteiger partial charge in [0.2, 0.25) is 0 Å². The molecule has 1 N–H and O–H groups in total. The first-order chi connectivity index (χ1) is 8.98. The van der Waals surface area contributed by atoms with E-state index in [1.165, 1.54) is 36.5 Å². The molecule has 0 aliphatic rings. The van der Waals surface area contributed by atoms with E-state index in [1.54, 1.807) is 0 Å². The molecule has 0 aliphatic carbocycles. The normalized spacial score (nSPS) is 11.1. The van der Waals surface area contributed by atoms with E-state index in [0.29, 0.717) is 0 Å². The lowest BCUT2D eigenvalue weighted by molar-refractivity contribution is -0.136. The van der Waals surface area contributed by atoms with Crippen molar-refractivity contribution in [2.45, 2.75) is 6.18 Å². The van der Waals surface area contributed by atoms with Crippen molar-refractivity contribution < 1.29 is 18.0 Å². The highest BCUT2D eigenvalue weighted by Crippen LogP contribution is 2.34. The highest BCUT2D eigenvalue weighted by molar-refractivity contribution is 6.03. The molecule has 0 bridgehead atoms. The van der Waals surface area contributed by atoms with Crippen LogP contribution in [-0.2, 0) is 6.18 Å². The Kier molecular flexibility index (Phi) is 3.46. The maximum atomic E-state index is 12.7. The summed E-state index contributed by atoms with van der Waals surface area (Å²) in [4.78, 5) is 11.7. The summed E-state index contributed by atoms with van der Waals surface area (Å²) in [5, 5.41) is 9.18. The minimum atomic E-state index is -4.54. The molecular formula is C12H8F3N3O. The first kappa shape index (κ1) is 13.0. The number of carbonyl (C=O) groups excluding carboxylic acids is 1. The summed E-state index contributed by atoms with van der Waals surface area (Å²) >= 11 is 0. The number of nitrogens with one attached hydrogen (secondary N) is 1. The SMILES string of the molecule is O=C(Nc1ccccc1C(F)(F)F)c1cccnn1. The van der Waals surface area contributed by atoms with Gasteiger partial charge in [0.05, 0.1) is 11.3 Å². The molecule has 98 valence electrons. The van der Waals surface area contributed by atoms with E-state index in [-0.39, 0.29) is 11.4 Å². The molecule has 1 aromatic heterocycles. The van der Waals surface area contributed by atoms with Crippen LogP contribution in [0.4, 0.5) is 18.9 Å². The second-order valence-corrected chi connectivity index (χ2v) is 3.61. The summed E-state index contributed by atoms with van der Waals surface area (Å²) in [5.41, 5.74) is -1.28. The fraction of sp³-hybridized carbons (Fsp3) is 0.0833. The predicted molar refractivity (Wildman–Crippen MR) is 61.4 cm³/mol. The second-order valence-electron chi connectivity index (χ2n) is 3.61. The lowest BCUT2D eigenvalue weighted by Crippen LogP contribution is -2.17. The first-order valence-corrected chi connectivity index (χ1v) is 5.24. The van der Waals surface area contributed by atoms with Crippen molar-refractivity contribution in [3.8, 4) is 0 Å². The third-order valence-corrected chi connectivity index (χ3v) is 2.29. The molecule has 0 atom stereocenters. The number of rotatable bonds is 2. The lowest BCUT2D eigenvalue weighted by atomic mass is 10.1. The van der Waals surface area contributed by atoms with Gasteiger partial charge < -0.3 is 5.32 Å². The number of halogens is 3. The van der Waals surface area contributed by atoms with Crippen molar-refractivity contribution in [2.24, 2.45) is 0 Å². The van der Waals surface area contributed by atoms with Gasteiger partial charge in [0.15, 0.2) is 5.69 Å². The summed E-state index contributed by atoms with van der Waals surface area (Å²) in [7, 11) is 0. The predicted octanol–water partition coefficient (Wildman–Crippen LogP) is 2.75. The Balaban J connectivity index is 2.28. The smallest absolute Gasteiger partial charge is 0.320 e. The minimum Gasteiger partial charge on any atom is -0.320 e. The molecule has 0 unspecified atom stereocenters. The van der Waals surface area contributed by atoms with Gasteiger partial charge in [-0.05, 0) is 24.3 Å². The van der Waals surface area contributed by atoms with Gasteiger partial charge in [-0.2, -0.15) is 18.3 Å². The van der Waals surface area contributed by atoms with Gasteiger partial charge in [-0.15, -0.1) is 5.10 Å². The highest BCUT2D eigenvalue weighted by atomic mass is 19.4. The van der Waals surface area contributed by atoms with Crippen molar-refractivity contribution in [3.05, 3.63) is 53.9 Å². The number of hydrogen-bond acceptors (Lipinski definition) is 3. The van der Waals surface area contributed by atoms with Gasteiger partial charge in [0.1, 0.15) is 0 Å². The molecule has 0 saturated heterocycles. The standard InChI is InChI=1S/C12H8F3N3O/c13-12(14,15)8-4-1-2-5-9(8)17-11(19)10-6-3-7-16-18-10/h1-7H,(H,17,19). The summed E-state index contributed by atoms with van der Waals surface area (Å²) in [6.07, 6.45) is -3.17. The van der Waals surface area contributed by atoms with Crippen LogP contribution in [0.15, 0.2) is 42.6 Å². The topological polar surface area (TPSA) is 54.9 Å². The maximum absolute atomic E-state index is 12.7. The van der Waals surface area contributed by atoms with Crippen LogP contribution in [0.3, 0.4) is 0 Å². The first-order valence-electron chi connectivity index (χ1n) is 5.24. The van der Waals surface area contributed by atoms with Crippen LogP contribution in [-0.4, -0.2) is 16.1 Å². The van der Waals surface area contributed by atoms with E-state index in [1.807, 2.05) is 0 Å². The number of anilines is 1. The van der Waals surface area contributed by atoms with Crippen LogP contribution in [0, 0.1) is 0 Å². The molecule has 0 radical (unpaired) electrons. The summed E-state index contributed by atoms with van der Waals surface area (Å²) in [6.45, 7) is 0. The van der Waals surface area contributed by atoms with Gasteiger partial charge in [-0.25, -0.2) is 0 Å². The minimum absolute atomic E-state index is 0.0560. The van der Waals surface area contributed by atoms with Gasteiger partial charge in [0, 0.05) is 6.20 Å². The zero-order valence-electron chi connectivity index (χ0n) is 9.48. The number of alkyl halides is 3. The zero-order chi connectivity index (χ0) is 13.9. The number of carbonyl (C=O) groups is 1. The molecule has 1 amide bonds. The Morgan fingerprint density at radius 1 is 1.11 bits per heavy atom. The summed E-state index contributed by atoms with van der Waals surface area (Å²) in [5.74, 6) is -0.746. The molecule has 1 aromatic carbocycles. The molecule has 2 aromatic rings. The number of amides is 1. The summed E-state index contributed by atoms with van der Waals surface area (Å²) < 4.78 is 38.2. The van der Waals surface area contributed by atoms with Crippen LogP contribution in [0.2, 0.25) is 0 Å². The number of aromatic nitrogens is 2. The Morgan fingerprint density at radius 3 is 2.47 bits per heavy atom. The van der Waals surface area contributed by atoms with E-state index in [0.717, 1.165) is 6.07 Å². The van der Waals surface area contributed by atoms with Gasteiger partial charge in [-0.3, -0.25) is 4.79 Å². The van der Waals surface area contributed by atoms with E-state index in [2.05, 4.69) is 15.5 Å². The number of nitrogens with zero attached hydrogens (tertiary/aromatic N) is 2. The molecule has 7 heteroatoms. The van der Waals surface area contributed by atoms with Crippen LogP contribution in [0.1, 0.15) is 16.1 Å². The molecule has 2 rings (SSSR count). The second kappa shape index (κ2) is 5.05. The third-order valence-electron chi connectivity index (χ3n) is 2.29. The van der Waals surface area contributed by atoms with E-state index in [9.17, 15) is 18.0 Å². The number of benzene rings is 1. The van der Waals surface area contributed by atoms with Gasteiger partial charge in [0.25, 0.3) is 5.91 Å². The Hall–Kier alpha value is -2.44. The van der Waals surface area contributed by atoms with Crippen LogP contribution < -0.4 is 5.32 Å². The van der Waals surface area contributed by atoms with Crippen molar-refractivity contribution in [1.29, 1.82) is 0 Å². The molecule has 0 fully saturated rings. The largest absolute Gasteiger partial charge is 0.418 e. The van der Waals surface area contributed by atoms with Gasteiger partial charge >= 0.3 is 6.18 Å². The number of hydrogen-bond donors (Lipinski definition) is 1. The lowest BCUT2D eigenvalue weighted by Gasteiger charge is -2.12. The molecular weight excluding hydrogens is 259 g/mol. The Morgan fingerprint density at radius 2 is 1.84 bits per heavy atom. The zero-order valence-corrected chi connectivity index (χ0v) is 9.48. The Labute approximate surface area is 106 Å². The average Bonchev–Trinajstić information content (AvgIpc) is 2.39. The monoisotopic (exact) mass is 267 g/mol. The van der Waals surface area contributed by atoms with Crippen molar-refractivity contribution >= 4 is 11.6 Å².